The summed E-state index contributed by atoms with van der Waals surface area (Å²) in [6.45, 7) is 0. The van der Waals surface area contributed by atoms with E-state index in [1.807, 2.05) is 0 Å². The average Bonchev–Trinajstić information content (AvgIpc) is 3.07. The molecule has 0 spiro atoms. The minimum absolute atomic E-state index is 0.288. The maximum atomic E-state index is 12.8. The van der Waals surface area contributed by atoms with Gasteiger partial charge in [-0.05, 0) is 30.5 Å². The SMILES string of the molecule is OC(c1ccc(F)cc1)c1cnc(C2CC2)s1. The first-order valence-electron chi connectivity index (χ1n) is 5.63. The highest BCUT2D eigenvalue weighted by Gasteiger charge is 2.27. The smallest absolute Gasteiger partial charge is 0.123 e. The van der Waals surface area contributed by atoms with Gasteiger partial charge in [0, 0.05) is 12.1 Å². The zero-order valence-electron chi connectivity index (χ0n) is 9.14. The molecule has 3 rings (SSSR count). The molecule has 0 amide bonds. The van der Waals surface area contributed by atoms with Crippen molar-refractivity contribution >= 4 is 11.3 Å². The van der Waals surface area contributed by atoms with Gasteiger partial charge in [-0.25, -0.2) is 9.37 Å². The van der Waals surface area contributed by atoms with Crippen molar-refractivity contribution in [3.8, 4) is 0 Å². The van der Waals surface area contributed by atoms with Gasteiger partial charge in [-0.15, -0.1) is 11.3 Å². The number of thiazole rings is 1. The van der Waals surface area contributed by atoms with Crippen molar-refractivity contribution < 1.29 is 9.50 Å². The molecular formula is C13H12FNOS. The molecule has 0 radical (unpaired) electrons. The monoisotopic (exact) mass is 249 g/mol. The molecule has 88 valence electrons. The van der Waals surface area contributed by atoms with Crippen molar-refractivity contribution in [2.45, 2.75) is 24.9 Å². The van der Waals surface area contributed by atoms with Crippen LogP contribution in [-0.2, 0) is 0 Å². The van der Waals surface area contributed by atoms with Crippen molar-refractivity contribution in [3.63, 3.8) is 0 Å². The molecule has 1 atom stereocenters. The van der Waals surface area contributed by atoms with Crippen LogP contribution in [0.3, 0.4) is 0 Å². The second-order valence-electron chi connectivity index (χ2n) is 4.33. The molecule has 1 N–H and O–H groups in total. The number of benzene rings is 1. The van der Waals surface area contributed by atoms with Crippen molar-refractivity contribution in [3.05, 3.63) is 51.7 Å². The van der Waals surface area contributed by atoms with E-state index in [1.165, 1.54) is 25.0 Å². The summed E-state index contributed by atoms with van der Waals surface area (Å²) in [5.41, 5.74) is 0.706. The fourth-order valence-corrected chi connectivity index (χ4v) is 2.86. The van der Waals surface area contributed by atoms with E-state index in [9.17, 15) is 9.50 Å². The third-order valence-corrected chi connectivity index (χ3v) is 4.14. The van der Waals surface area contributed by atoms with Gasteiger partial charge >= 0.3 is 0 Å². The summed E-state index contributed by atoms with van der Waals surface area (Å²) in [6, 6.07) is 5.94. The Labute approximate surface area is 103 Å². The number of aliphatic hydroxyl groups is 1. The van der Waals surface area contributed by atoms with Gasteiger partial charge in [0.05, 0.1) is 9.88 Å². The molecule has 0 saturated heterocycles. The zero-order chi connectivity index (χ0) is 11.8. The van der Waals surface area contributed by atoms with Crippen LogP contribution < -0.4 is 0 Å². The summed E-state index contributed by atoms with van der Waals surface area (Å²) >= 11 is 1.56. The molecule has 2 nitrogen and oxygen atoms in total. The van der Waals surface area contributed by atoms with Crippen LogP contribution in [0.1, 0.15) is 40.3 Å². The Morgan fingerprint density at radius 2 is 2.00 bits per heavy atom. The maximum absolute atomic E-state index is 12.8. The van der Waals surface area contributed by atoms with E-state index in [4.69, 9.17) is 0 Å². The predicted molar refractivity (Wildman–Crippen MR) is 64.6 cm³/mol. The van der Waals surface area contributed by atoms with E-state index in [0.717, 1.165) is 9.88 Å². The second-order valence-corrected chi connectivity index (χ2v) is 5.42. The summed E-state index contributed by atoms with van der Waals surface area (Å²) in [7, 11) is 0. The molecule has 0 bridgehead atoms. The first-order valence-corrected chi connectivity index (χ1v) is 6.45. The van der Waals surface area contributed by atoms with Crippen molar-refractivity contribution in [2.75, 3.05) is 0 Å². The number of rotatable bonds is 3. The summed E-state index contributed by atoms with van der Waals surface area (Å²) in [4.78, 5) is 5.16. The van der Waals surface area contributed by atoms with E-state index in [0.29, 0.717) is 11.5 Å². The van der Waals surface area contributed by atoms with Crippen molar-refractivity contribution in [1.82, 2.24) is 4.98 Å². The topological polar surface area (TPSA) is 33.1 Å². The minimum atomic E-state index is -0.694. The lowest BCUT2D eigenvalue weighted by molar-refractivity contribution is 0.224. The van der Waals surface area contributed by atoms with Crippen LogP contribution >= 0.6 is 11.3 Å². The molecule has 0 aliphatic heterocycles. The number of hydrogen-bond acceptors (Lipinski definition) is 3. The lowest BCUT2D eigenvalue weighted by Gasteiger charge is -2.07. The predicted octanol–water partition coefficient (Wildman–Crippen LogP) is 3.24. The molecule has 1 aliphatic rings. The standard InChI is InChI=1S/C13H12FNOS/c14-10-5-3-8(4-6-10)12(16)11-7-15-13(17-11)9-1-2-9/h3-7,9,12,16H,1-2H2. The zero-order valence-corrected chi connectivity index (χ0v) is 9.95. The highest BCUT2D eigenvalue weighted by molar-refractivity contribution is 7.11. The molecule has 1 aliphatic carbocycles. The summed E-state index contributed by atoms with van der Waals surface area (Å²) in [6.07, 6.45) is 3.45. The van der Waals surface area contributed by atoms with Crippen LogP contribution in [0.4, 0.5) is 4.39 Å². The molecule has 1 unspecified atom stereocenters. The van der Waals surface area contributed by atoms with E-state index in [1.54, 1.807) is 29.7 Å². The molecular weight excluding hydrogens is 237 g/mol. The highest BCUT2D eigenvalue weighted by atomic mass is 32.1. The normalized spacial score (nSPS) is 17.1. The van der Waals surface area contributed by atoms with Gasteiger partial charge in [-0.2, -0.15) is 0 Å². The van der Waals surface area contributed by atoms with Gasteiger partial charge in [0.2, 0.25) is 0 Å². The number of hydrogen-bond donors (Lipinski definition) is 1. The lowest BCUT2D eigenvalue weighted by Crippen LogP contribution is -1.96. The molecule has 17 heavy (non-hydrogen) atoms. The first-order chi connectivity index (χ1) is 8.24. The Bertz CT molecular complexity index is 518. The number of halogens is 1. The van der Waals surface area contributed by atoms with Gasteiger partial charge in [0.25, 0.3) is 0 Å². The summed E-state index contributed by atoms with van der Waals surface area (Å²) in [5.74, 6) is 0.318. The van der Waals surface area contributed by atoms with Crippen LogP contribution in [0.2, 0.25) is 0 Å². The minimum Gasteiger partial charge on any atom is -0.383 e. The van der Waals surface area contributed by atoms with Gasteiger partial charge in [0.1, 0.15) is 11.9 Å². The second kappa shape index (κ2) is 4.20. The van der Waals surface area contributed by atoms with Crippen LogP contribution in [0.25, 0.3) is 0 Å². The van der Waals surface area contributed by atoms with Crippen molar-refractivity contribution in [2.24, 2.45) is 0 Å². The van der Waals surface area contributed by atoms with Crippen LogP contribution in [-0.4, -0.2) is 10.1 Å². The van der Waals surface area contributed by atoms with Gasteiger partial charge in [-0.1, -0.05) is 12.1 Å². The Balaban J connectivity index is 1.84. The molecule has 2 aromatic rings. The van der Waals surface area contributed by atoms with Gasteiger partial charge in [0.15, 0.2) is 0 Å². The molecule has 1 aromatic heterocycles. The molecule has 1 aromatic carbocycles. The molecule has 1 saturated carbocycles. The van der Waals surface area contributed by atoms with Crippen LogP contribution in [0, 0.1) is 5.82 Å². The molecule has 4 heteroatoms. The first kappa shape index (κ1) is 10.9. The Morgan fingerprint density at radius 1 is 1.29 bits per heavy atom. The highest BCUT2D eigenvalue weighted by Crippen LogP contribution is 2.43. The largest absolute Gasteiger partial charge is 0.383 e. The van der Waals surface area contributed by atoms with Crippen LogP contribution in [0.15, 0.2) is 30.5 Å². The number of nitrogens with zero attached hydrogens (tertiary/aromatic N) is 1. The fraction of sp³-hybridized carbons (Fsp3) is 0.308. The Morgan fingerprint density at radius 3 is 2.65 bits per heavy atom. The lowest BCUT2D eigenvalue weighted by atomic mass is 10.1. The van der Waals surface area contributed by atoms with E-state index in [-0.39, 0.29) is 5.82 Å². The average molecular weight is 249 g/mol. The Kier molecular flexibility index (Phi) is 2.68. The number of aliphatic hydroxyl groups excluding tert-OH is 1. The Hall–Kier alpha value is -1.26. The van der Waals surface area contributed by atoms with E-state index in [2.05, 4.69) is 4.98 Å². The summed E-state index contributed by atoms with van der Waals surface area (Å²) in [5, 5.41) is 11.3. The van der Waals surface area contributed by atoms with Gasteiger partial charge < -0.3 is 5.11 Å². The van der Waals surface area contributed by atoms with Crippen LogP contribution in [0.5, 0.6) is 0 Å². The maximum Gasteiger partial charge on any atom is 0.123 e. The third-order valence-electron chi connectivity index (χ3n) is 2.92. The van der Waals surface area contributed by atoms with E-state index >= 15 is 0 Å². The third kappa shape index (κ3) is 2.23. The fourth-order valence-electron chi connectivity index (χ4n) is 1.76. The summed E-state index contributed by atoms with van der Waals surface area (Å²) < 4.78 is 12.8. The molecule has 1 fully saturated rings. The van der Waals surface area contributed by atoms with Gasteiger partial charge in [-0.3, -0.25) is 0 Å². The molecule has 1 heterocycles. The number of aromatic nitrogens is 1. The van der Waals surface area contributed by atoms with Crippen molar-refractivity contribution in [1.29, 1.82) is 0 Å². The van der Waals surface area contributed by atoms with E-state index < -0.39 is 6.10 Å². The quantitative estimate of drug-likeness (QED) is 0.905.